The van der Waals surface area contributed by atoms with E-state index in [1.54, 1.807) is 12.3 Å². The largest absolute Gasteiger partial charge is 0.396 e. The number of rotatable bonds is 3. The second-order valence-electron chi connectivity index (χ2n) is 4.26. The maximum Gasteiger partial charge on any atom is 0.149 e. The predicted molar refractivity (Wildman–Crippen MR) is 59.5 cm³/mol. The third-order valence-electron chi connectivity index (χ3n) is 2.67. The van der Waals surface area contributed by atoms with Gasteiger partial charge in [0.1, 0.15) is 5.82 Å². The van der Waals surface area contributed by atoms with Gasteiger partial charge < -0.3 is 11.1 Å². The maximum absolute atomic E-state index is 5.76. The van der Waals surface area contributed by atoms with Crippen molar-refractivity contribution in [3.8, 4) is 0 Å². The van der Waals surface area contributed by atoms with Gasteiger partial charge >= 0.3 is 0 Å². The van der Waals surface area contributed by atoms with Gasteiger partial charge in [-0.15, -0.1) is 0 Å². The Morgan fingerprint density at radius 2 is 2.36 bits per heavy atom. The van der Waals surface area contributed by atoms with Crippen molar-refractivity contribution in [2.24, 2.45) is 5.41 Å². The monoisotopic (exact) mass is 211 g/mol. The molecule has 0 aliphatic heterocycles. The lowest BCUT2D eigenvalue weighted by Gasteiger charge is -2.12. The fourth-order valence-electron chi connectivity index (χ4n) is 1.29. The Labute approximate surface area is 88.7 Å². The number of nitrogens with one attached hydrogen (secondary N) is 1. The van der Waals surface area contributed by atoms with Crippen molar-refractivity contribution in [2.75, 3.05) is 17.6 Å². The highest BCUT2D eigenvalue weighted by atomic mass is 35.5. The summed E-state index contributed by atoms with van der Waals surface area (Å²) in [6, 6.07) is 1.71. The number of nitrogens with two attached hydrogens (primary N) is 1. The molecular weight excluding hydrogens is 198 g/mol. The van der Waals surface area contributed by atoms with Crippen molar-refractivity contribution in [3.63, 3.8) is 0 Å². The maximum atomic E-state index is 5.76. The first-order chi connectivity index (χ1) is 6.59. The Balaban J connectivity index is 2.02. The smallest absolute Gasteiger partial charge is 0.149 e. The standard InChI is InChI=1S/C10H14ClN3/c1-10(2-3-10)6-14-9-8(12)4-7(11)5-13-9/h4-5H,2-3,6,12H2,1H3,(H,13,14). The fourth-order valence-corrected chi connectivity index (χ4v) is 1.46. The molecule has 1 fully saturated rings. The Kier molecular flexibility index (Phi) is 2.27. The van der Waals surface area contributed by atoms with Crippen LogP contribution in [0.4, 0.5) is 11.5 Å². The SMILES string of the molecule is CC1(CNc2ncc(Cl)cc2N)CC1. The normalized spacial score (nSPS) is 17.9. The summed E-state index contributed by atoms with van der Waals surface area (Å²) in [4.78, 5) is 4.14. The van der Waals surface area contributed by atoms with Crippen molar-refractivity contribution in [1.82, 2.24) is 4.98 Å². The molecule has 0 amide bonds. The molecule has 3 N–H and O–H groups in total. The van der Waals surface area contributed by atoms with Gasteiger partial charge in [-0.2, -0.15) is 0 Å². The molecule has 0 bridgehead atoms. The van der Waals surface area contributed by atoms with Crippen molar-refractivity contribution in [2.45, 2.75) is 19.8 Å². The van der Waals surface area contributed by atoms with Crippen LogP contribution in [0.3, 0.4) is 0 Å². The summed E-state index contributed by atoms with van der Waals surface area (Å²) in [5.74, 6) is 0.738. The third kappa shape index (κ3) is 2.10. The second kappa shape index (κ2) is 3.31. The van der Waals surface area contributed by atoms with Gasteiger partial charge in [0.25, 0.3) is 0 Å². The van der Waals surface area contributed by atoms with Crippen molar-refractivity contribution < 1.29 is 0 Å². The summed E-state index contributed by atoms with van der Waals surface area (Å²) >= 11 is 5.75. The first-order valence-electron chi connectivity index (χ1n) is 4.74. The predicted octanol–water partition coefficient (Wildman–Crippen LogP) is 2.53. The summed E-state index contributed by atoms with van der Waals surface area (Å²) in [5, 5.41) is 3.82. The van der Waals surface area contributed by atoms with E-state index in [4.69, 9.17) is 17.3 Å². The molecule has 1 saturated carbocycles. The van der Waals surface area contributed by atoms with Crippen LogP contribution in [0.1, 0.15) is 19.8 Å². The number of anilines is 2. The summed E-state index contributed by atoms with van der Waals surface area (Å²) < 4.78 is 0. The quantitative estimate of drug-likeness (QED) is 0.808. The molecule has 0 atom stereocenters. The average molecular weight is 212 g/mol. The van der Waals surface area contributed by atoms with E-state index in [0.717, 1.165) is 12.4 Å². The first-order valence-corrected chi connectivity index (χ1v) is 5.12. The molecule has 1 aliphatic rings. The molecule has 1 aromatic rings. The lowest BCUT2D eigenvalue weighted by molar-refractivity contribution is 0.609. The molecular formula is C10H14ClN3. The van der Waals surface area contributed by atoms with E-state index in [0.29, 0.717) is 16.1 Å². The summed E-state index contributed by atoms with van der Waals surface area (Å²) in [5.41, 5.74) is 6.83. The average Bonchev–Trinajstić information content (AvgIpc) is 2.83. The fraction of sp³-hybridized carbons (Fsp3) is 0.500. The highest BCUT2D eigenvalue weighted by Crippen LogP contribution is 2.44. The highest BCUT2D eigenvalue weighted by Gasteiger charge is 2.36. The molecule has 4 heteroatoms. The van der Waals surface area contributed by atoms with Gasteiger partial charge in [0.05, 0.1) is 10.7 Å². The Morgan fingerprint density at radius 1 is 1.64 bits per heavy atom. The lowest BCUT2D eigenvalue weighted by atomic mass is 10.1. The van der Waals surface area contributed by atoms with Gasteiger partial charge in [0.15, 0.2) is 0 Å². The number of hydrogen-bond donors (Lipinski definition) is 2. The van der Waals surface area contributed by atoms with E-state index in [9.17, 15) is 0 Å². The Morgan fingerprint density at radius 3 is 2.93 bits per heavy atom. The zero-order valence-electron chi connectivity index (χ0n) is 8.18. The highest BCUT2D eigenvalue weighted by molar-refractivity contribution is 6.30. The van der Waals surface area contributed by atoms with Gasteiger partial charge in [-0.05, 0) is 24.3 Å². The third-order valence-corrected chi connectivity index (χ3v) is 2.88. The topological polar surface area (TPSA) is 50.9 Å². The zero-order valence-corrected chi connectivity index (χ0v) is 8.93. The van der Waals surface area contributed by atoms with Crippen LogP contribution in [0.15, 0.2) is 12.3 Å². The number of nitrogen functional groups attached to an aromatic ring is 1. The molecule has 1 aliphatic carbocycles. The van der Waals surface area contributed by atoms with E-state index < -0.39 is 0 Å². The van der Waals surface area contributed by atoms with E-state index in [1.807, 2.05) is 0 Å². The first kappa shape index (κ1) is 9.59. The second-order valence-corrected chi connectivity index (χ2v) is 4.69. The molecule has 3 nitrogen and oxygen atoms in total. The Bertz CT molecular complexity index is 347. The number of halogens is 1. The van der Waals surface area contributed by atoms with E-state index in [2.05, 4.69) is 17.2 Å². The van der Waals surface area contributed by atoms with E-state index in [1.165, 1.54) is 12.8 Å². The molecule has 0 aromatic carbocycles. The van der Waals surface area contributed by atoms with Crippen molar-refractivity contribution in [3.05, 3.63) is 17.3 Å². The summed E-state index contributed by atoms with van der Waals surface area (Å²) in [6.45, 7) is 3.19. The van der Waals surface area contributed by atoms with Gasteiger partial charge in [-0.25, -0.2) is 4.98 Å². The molecule has 0 unspecified atom stereocenters. The Hall–Kier alpha value is -0.960. The van der Waals surface area contributed by atoms with Gasteiger partial charge in [-0.3, -0.25) is 0 Å². The molecule has 1 heterocycles. The van der Waals surface area contributed by atoms with Crippen LogP contribution in [-0.2, 0) is 0 Å². The number of aromatic nitrogens is 1. The van der Waals surface area contributed by atoms with Crippen LogP contribution in [0.2, 0.25) is 5.02 Å². The molecule has 76 valence electrons. The number of pyridine rings is 1. The summed E-state index contributed by atoms with van der Waals surface area (Å²) in [7, 11) is 0. The molecule has 0 spiro atoms. The molecule has 0 radical (unpaired) electrons. The van der Waals surface area contributed by atoms with Crippen LogP contribution in [0.25, 0.3) is 0 Å². The van der Waals surface area contributed by atoms with Gasteiger partial charge in [-0.1, -0.05) is 18.5 Å². The van der Waals surface area contributed by atoms with Crippen LogP contribution >= 0.6 is 11.6 Å². The molecule has 14 heavy (non-hydrogen) atoms. The molecule has 1 aromatic heterocycles. The van der Waals surface area contributed by atoms with Gasteiger partial charge in [0, 0.05) is 12.7 Å². The van der Waals surface area contributed by atoms with E-state index >= 15 is 0 Å². The molecule has 0 saturated heterocycles. The molecule has 2 rings (SSSR count). The van der Waals surface area contributed by atoms with E-state index in [-0.39, 0.29) is 0 Å². The number of nitrogens with zero attached hydrogens (tertiary/aromatic N) is 1. The minimum absolute atomic E-state index is 0.452. The van der Waals surface area contributed by atoms with Crippen molar-refractivity contribution in [1.29, 1.82) is 0 Å². The van der Waals surface area contributed by atoms with Crippen LogP contribution in [0.5, 0.6) is 0 Å². The zero-order chi connectivity index (χ0) is 10.2. The van der Waals surface area contributed by atoms with Gasteiger partial charge in [0.2, 0.25) is 0 Å². The number of hydrogen-bond acceptors (Lipinski definition) is 3. The van der Waals surface area contributed by atoms with Crippen LogP contribution in [-0.4, -0.2) is 11.5 Å². The van der Waals surface area contributed by atoms with Crippen molar-refractivity contribution >= 4 is 23.1 Å². The minimum atomic E-state index is 0.452. The minimum Gasteiger partial charge on any atom is -0.396 e. The summed E-state index contributed by atoms with van der Waals surface area (Å²) in [6.07, 6.45) is 4.18. The van der Waals surface area contributed by atoms with Crippen LogP contribution in [0, 0.1) is 5.41 Å². The lowest BCUT2D eigenvalue weighted by Crippen LogP contribution is -2.13. The van der Waals surface area contributed by atoms with Crippen LogP contribution < -0.4 is 11.1 Å².